The molecule has 0 radical (unpaired) electrons. The molecule has 0 spiro atoms. The zero-order valence-corrected chi connectivity index (χ0v) is 12.7. The Morgan fingerprint density at radius 3 is 2.52 bits per heavy atom. The first-order valence-electron chi connectivity index (χ1n) is 7.12. The van der Waals surface area contributed by atoms with E-state index in [1.54, 1.807) is 30.3 Å². The number of aliphatic hydroxyl groups excluding tert-OH is 2. The number of hydrogen-bond donors (Lipinski definition) is 3. The summed E-state index contributed by atoms with van der Waals surface area (Å²) in [6.45, 7) is -0.108. The highest BCUT2D eigenvalue weighted by Crippen LogP contribution is 2.29. The number of carbonyl (C=O) groups excluding carboxylic acids is 1. The van der Waals surface area contributed by atoms with Gasteiger partial charge >= 0.3 is 5.97 Å². The monoisotopic (exact) mass is 317 g/mol. The Labute approximate surface area is 134 Å². The Bertz CT molecular complexity index is 642. The van der Waals surface area contributed by atoms with E-state index in [4.69, 9.17) is 9.84 Å². The van der Waals surface area contributed by atoms with Crippen molar-refractivity contribution in [2.24, 2.45) is 0 Å². The number of anilines is 1. The van der Waals surface area contributed by atoms with Gasteiger partial charge in [-0.2, -0.15) is 0 Å². The maximum Gasteiger partial charge on any atom is 0.337 e. The van der Waals surface area contributed by atoms with Gasteiger partial charge in [-0.1, -0.05) is 12.1 Å². The van der Waals surface area contributed by atoms with Gasteiger partial charge in [-0.05, 0) is 36.4 Å². The fourth-order valence-corrected chi connectivity index (χ4v) is 1.90. The minimum Gasteiger partial charge on any atom is -0.465 e. The van der Waals surface area contributed by atoms with Crippen molar-refractivity contribution in [2.75, 3.05) is 25.6 Å². The van der Waals surface area contributed by atoms with Gasteiger partial charge in [0.25, 0.3) is 0 Å². The second-order valence-electron chi connectivity index (χ2n) is 4.83. The second-order valence-corrected chi connectivity index (χ2v) is 4.83. The van der Waals surface area contributed by atoms with E-state index in [1.165, 1.54) is 7.11 Å². The molecule has 0 aliphatic rings. The number of carbonyl (C=O) groups is 1. The number of para-hydroxylation sites is 2. The van der Waals surface area contributed by atoms with Gasteiger partial charge in [-0.3, -0.25) is 0 Å². The summed E-state index contributed by atoms with van der Waals surface area (Å²) < 4.78 is 10.4. The maximum atomic E-state index is 11.4. The molecule has 6 nitrogen and oxygen atoms in total. The van der Waals surface area contributed by atoms with Crippen molar-refractivity contribution < 1.29 is 24.5 Å². The van der Waals surface area contributed by atoms with Gasteiger partial charge in [0.15, 0.2) is 5.75 Å². The SMILES string of the molecule is COC(=O)c1ccc(Oc2ccccc2NCC(O)CO)cc1. The van der Waals surface area contributed by atoms with E-state index in [0.717, 1.165) is 0 Å². The van der Waals surface area contributed by atoms with Crippen LogP contribution in [-0.2, 0) is 4.74 Å². The van der Waals surface area contributed by atoms with Gasteiger partial charge in [0.2, 0.25) is 0 Å². The second kappa shape index (κ2) is 8.17. The summed E-state index contributed by atoms with van der Waals surface area (Å²) >= 11 is 0. The van der Waals surface area contributed by atoms with Crippen LogP contribution in [0.1, 0.15) is 10.4 Å². The van der Waals surface area contributed by atoms with Gasteiger partial charge in [0, 0.05) is 6.54 Å². The van der Waals surface area contributed by atoms with E-state index < -0.39 is 12.1 Å². The first kappa shape index (κ1) is 16.8. The summed E-state index contributed by atoms with van der Waals surface area (Å²) in [6, 6.07) is 13.8. The molecule has 0 saturated carbocycles. The molecule has 0 fully saturated rings. The van der Waals surface area contributed by atoms with Crippen LogP contribution in [0, 0.1) is 0 Å². The van der Waals surface area contributed by atoms with Gasteiger partial charge in [-0.25, -0.2) is 4.79 Å². The molecule has 6 heteroatoms. The zero-order valence-electron chi connectivity index (χ0n) is 12.7. The topological polar surface area (TPSA) is 88.0 Å². The lowest BCUT2D eigenvalue weighted by molar-refractivity contribution is 0.0600. The lowest BCUT2D eigenvalue weighted by atomic mass is 10.2. The van der Waals surface area contributed by atoms with Crippen LogP contribution in [-0.4, -0.2) is 42.5 Å². The molecule has 2 aromatic rings. The third kappa shape index (κ3) is 4.70. The molecule has 0 aliphatic heterocycles. The number of methoxy groups -OCH3 is 1. The first-order valence-corrected chi connectivity index (χ1v) is 7.12. The number of nitrogens with one attached hydrogen (secondary N) is 1. The molecule has 0 saturated heterocycles. The van der Waals surface area contributed by atoms with E-state index in [2.05, 4.69) is 10.1 Å². The van der Waals surface area contributed by atoms with E-state index in [1.807, 2.05) is 18.2 Å². The third-order valence-corrected chi connectivity index (χ3v) is 3.13. The number of ether oxygens (including phenoxy) is 2. The number of benzene rings is 2. The highest BCUT2D eigenvalue weighted by molar-refractivity contribution is 5.89. The summed E-state index contributed by atoms with van der Waals surface area (Å²) in [5.74, 6) is 0.731. The molecular weight excluding hydrogens is 298 g/mol. The molecule has 0 bridgehead atoms. The molecule has 3 N–H and O–H groups in total. The highest BCUT2D eigenvalue weighted by Gasteiger charge is 2.08. The third-order valence-electron chi connectivity index (χ3n) is 3.13. The molecule has 23 heavy (non-hydrogen) atoms. The molecule has 2 aromatic carbocycles. The largest absolute Gasteiger partial charge is 0.465 e. The van der Waals surface area contributed by atoms with Gasteiger partial charge in [0.1, 0.15) is 5.75 Å². The van der Waals surface area contributed by atoms with Gasteiger partial charge < -0.3 is 25.0 Å². The van der Waals surface area contributed by atoms with Crippen molar-refractivity contribution in [1.29, 1.82) is 0 Å². The van der Waals surface area contributed by atoms with Crippen LogP contribution in [0.4, 0.5) is 5.69 Å². The average molecular weight is 317 g/mol. The van der Waals surface area contributed by atoms with Crippen molar-refractivity contribution >= 4 is 11.7 Å². The Morgan fingerprint density at radius 1 is 1.17 bits per heavy atom. The van der Waals surface area contributed by atoms with Crippen LogP contribution in [0.3, 0.4) is 0 Å². The summed E-state index contributed by atoms with van der Waals surface area (Å²) in [7, 11) is 1.33. The van der Waals surface area contributed by atoms with Crippen LogP contribution in [0.25, 0.3) is 0 Å². The summed E-state index contributed by atoms with van der Waals surface area (Å²) in [6.07, 6.45) is -0.845. The van der Waals surface area contributed by atoms with Crippen LogP contribution < -0.4 is 10.1 Å². The summed E-state index contributed by atoms with van der Waals surface area (Å²) in [5.41, 5.74) is 1.13. The number of esters is 1. The lowest BCUT2D eigenvalue weighted by Crippen LogP contribution is -2.23. The summed E-state index contributed by atoms with van der Waals surface area (Å²) in [4.78, 5) is 11.4. The molecule has 1 unspecified atom stereocenters. The molecular formula is C17H19NO5. The normalized spacial score (nSPS) is 11.6. The van der Waals surface area contributed by atoms with Crippen molar-refractivity contribution in [3.8, 4) is 11.5 Å². The fraction of sp³-hybridized carbons (Fsp3) is 0.235. The van der Waals surface area contributed by atoms with E-state index in [9.17, 15) is 9.90 Å². The Morgan fingerprint density at radius 2 is 1.87 bits per heavy atom. The van der Waals surface area contributed by atoms with Crippen LogP contribution in [0.2, 0.25) is 0 Å². The number of hydrogen-bond acceptors (Lipinski definition) is 6. The molecule has 0 amide bonds. The Hall–Kier alpha value is -2.57. The molecule has 0 aromatic heterocycles. The van der Waals surface area contributed by atoms with Crippen molar-refractivity contribution in [3.05, 3.63) is 54.1 Å². The molecule has 2 rings (SSSR count). The van der Waals surface area contributed by atoms with Crippen molar-refractivity contribution in [1.82, 2.24) is 0 Å². The first-order chi connectivity index (χ1) is 11.1. The van der Waals surface area contributed by atoms with Crippen molar-refractivity contribution in [2.45, 2.75) is 6.10 Å². The van der Waals surface area contributed by atoms with Crippen LogP contribution in [0.15, 0.2) is 48.5 Å². The molecule has 1 atom stereocenters. The molecule has 0 aliphatic carbocycles. The zero-order chi connectivity index (χ0) is 16.7. The fourth-order valence-electron chi connectivity index (χ4n) is 1.90. The molecule has 122 valence electrons. The predicted octanol–water partition coefficient (Wildman–Crippen LogP) is 2.03. The quantitative estimate of drug-likeness (QED) is 0.677. The summed E-state index contributed by atoms with van der Waals surface area (Å²) in [5, 5.41) is 21.3. The van der Waals surface area contributed by atoms with E-state index in [-0.39, 0.29) is 13.2 Å². The van der Waals surface area contributed by atoms with Gasteiger partial charge in [-0.15, -0.1) is 0 Å². The lowest BCUT2D eigenvalue weighted by Gasteiger charge is -2.14. The number of aliphatic hydroxyl groups is 2. The highest BCUT2D eigenvalue weighted by atomic mass is 16.5. The number of rotatable bonds is 7. The van der Waals surface area contributed by atoms with E-state index >= 15 is 0 Å². The van der Waals surface area contributed by atoms with Crippen LogP contribution >= 0.6 is 0 Å². The van der Waals surface area contributed by atoms with Gasteiger partial charge in [0.05, 0.1) is 31.1 Å². The minimum absolute atomic E-state index is 0.206. The van der Waals surface area contributed by atoms with Crippen LogP contribution in [0.5, 0.6) is 11.5 Å². The maximum absolute atomic E-state index is 11.4. The Kier molecular flexibility index (Phi) is 5.96. The predicted molar refractivity (Wildman–Crippen MR) is 85.9 cm³/mol. The van der Waals surface area contributed by atoms with E-state index in [0.29, 0.717) is 22.7 Å². The van der Waals surface area contributed by atoms with Crippen molar-refractivity contribution in [3.63, 3.8) is 0 Å². The molecule has 0 heterocycles. The minimum atomic E-state index is -0.845. The standard InChI is InChI=1S/C17H19NO5/c1-22-17(21)12-6-8-14(9-7-12)23-16-5-3-2-4-15(16)18-10-13(20)11-19/h2-9,13,18-20H,10-11H2,1H3. The Balaban J connectivity index is 2.09. The smallest absolute Gasteiger partial charge is 0.337 e. The average Bonchev–Trinajstić information content (AvgIpc) is 2.60.